The van der Waals surface area contributed by atoms with Gasteiger partial charge in [-0.3, -0.25) is 0 Å². The molecule has 1 unspecified atom stereocenters. The summed E-state index contributed by atoms with van der Waals surface area (Å²) in [6, 6.07) is 8.63. The van der Waals surface area contributed by atoms with Gasteiger partial charge in [0.05, 0.1) is 6.61 Å². The van der Waals surface area contributed by atoms with E-state index in [0.29, 0.717) is 5.56 Å². The molecule has 0 bridgehead atoms. The molecular weight excluding hydrogens is 279 g/mol. The molecule has 0 saturated heterocycles. The quantitative estimate of drug-likeness (QED) is 0.890. The Morgan fingerprint density at radius 3 is 2.14 bits per heavy atom. The van der Waals surface area contributed by atoms with Crippen molar-refractivity contribution >= 4 is 0 Å². The zero-order chi connectivity index (χ0) is 15.5. The first kappa shape index (κ1) is 15.5. The van der Waals surface area contributed by atoms with Crippen LogP contribution in [0, 0.1) is 17.5 Å². The monoisotopic (exact) mass is 295 g/mol. The topological polar surface area (TPSA) is 46.2 Å². The summed E-state index contributed by atoms with van der Waals surface area (Å²) in [5.41, 5.74) is 5.48. The molecule has 3 N–H and O–H groups in total. The molecule has 0 aliphatic carbocycles. The number of aliphatic hydroxyl groups is 1. The number of halogens is 3. The average molecular weight is 295 g/mol. The van der Waals surface area contributed by atoms with E-state index < -0.39 is 22.9 Å². The third-order valence-electron chi connectivity index (χ3n) is 3.69. The lowest BCUT2D eigenvalue weighted by atomic mass is 9.76. The van der Waals surface area contributed by atoms with Crippen LogP contribution in [0.4, 0.5) is 13.2 Å². The summed E-state index contributed by atoms with van der Waals surface area (Å²) >= 11 is 0. The Kier molecular flexibility index (Phi) is 4.65. The molecule has 2 rings (SSSR count). The molecule has 5 heteroatoms. The van der Waals surface area contributed by atoms with Crippen molar-refractivity contribution in [3.05, 3.63) is 71.0 Å². The molecule has 0 spiro atoms. The number of rotatable bonds is 5. The van der Waals surface area contributed by atoms with E-state index in [-0.39, 0.29) is 25.1 Å². The average Bonchev–Trinajstić information content (AvgIpc) is 2.49. The zero-order valence-electron chi connectivity index (χ0n) is 11.3. The van der Waals surface area contributed by atoms with Gasteiger partial charge in [0.2, 0.25) is 0 Å². The summed E-state index contributed by atoms with van der Waals surface area (Å²) in [6.07, 6.45) is 0.0230. The highest BCUT2D eigenvalue weighted by Crippen LogP contribution is 2.29. The van der Waals surface area contributed by atoms with Gasteiger partial charge in [0, 0.05) is 12.0 Å². The normalized spacial score (nSPS) is 14.0. The Hall–Kier alpha value is -1.85. The van der Waals surface area contributed by atoms with E-state index in [9.17, 15) is 18.3 Å². The van der Waals surface area contributed by atoms with Crippen LogP contribution in [0.1, 0.15) is 11.1 Å². The molecule has 21 heavy (non-hydrogen) atoms. The van der Waals surface area contributed by atoms with Gasteiger partial charge < -0.3 is 10.8 Å². The standard InChI is InChI=1S/C16H16F3NO/c17-13-3-1-12(2-4-13)16(9-20,10-21)8-11-7-14(18)5-6-15(11)19/h1-7,21H,8-10,20H2. The second-order valence-corrected chi connectivity index (χ2v) is 5.06. The minimum Gasteiger partial charge on any atom is -0.395 e. The Labute approximate surface area is 121 Å². The second-order valence-electron chi connectivity index (χ2n) is 5.06. The van der Waals surface area contributed by atoms with Gasteiger partial charge in [0.1, 0.15) is 17.5 Å². The van der Waals surface area contributed by atoms with Gasteiger partial charge >= 0.3 is 0 Å². The molecule has 0 aromatic heterocycles. The van der Waals surface area contributed by atoms with Crippen LogP contribution < -0.4 is 5.73 Å². The van der Waals surface area contributed by atoms with Crippen LogP contribution in [0.15, 0.2) is 42.5 Å². The molecule has 2 nitrogen and oxygen atoms in total. The largest absolute Gasteiger partial charge is 0.395 e. The van der Waals surface area contributed by atoms with Crippen LogP contribution in [0.2, 0.25) is 0 Å². The van der Waals surface area contributed by atoms with Gasteiger partial charge in [-0.1, -0.05) is 12.1 Å². The minimum atomic E-state index is -0.984. The third-order valence-corrected chi connectivity index (χ3v) is 3.69. The van der Waals surface area contributed by atoms with E-state index in [1.807, 2.05) is 0 Å². The summed E-state index contributed by atoms with van der Waals surface area (Å²) in [6.45, 7) is -0.337. The molecule has 0 heterocycles. The molecule has 0 radical (unpaired) electrons. The second kappa shape index (κ2) is 6.28. The maximum atomic E-state index is 13.8. The van der Waals surface area contributed by atoms with Crippen LogP contribution >= 0.6 is 0 Å². The van der Waals surface area contributed by atoms with Crippen molar-refractivity contribution in [3.8, 4) is 0 Å². The highest BCUT2D eigenvalue weighted by atomic mass is 19.1. The lowest BCUT2D eigenvalue weighted by molar-refractivity contribution is 0.195. The molecular formula is C16H16F3NO. The van der Waals surface area contributed by atoms with Crippen molar-refractivity contribution in [2.24, 2.45) is 5.73 Å². The summed E-state index contributed by atoms with van der Waals surface area (Å²) in [5.74, 6) is -1.54. The van der Waals surface area contributed by atoms with E-state index in [1.165, 1.54) is 24.3 Å². The molecule has 0 saturated carbocycles. The Morgan fingerprint density at radius 2 is 1.57 bits per heavy atom. The lowest BCUT2D eigenvalue weighted by Crippen LogP contribution is -2.41. The molecule has 112 valence electrons. The predicted molar refractivity (Wildman–Crippen MR) is 74.3 cm³/mol. The predicted octanol–water partition coefficient (Wildman–Crippen LogP) is 2.54. The lowest BCUT2D eigenvalue weighted by Gasteiger charge is -2.31. The van der Waals surface area contributed by atoms with Gasteiger partial charge in [-0.05, 0) is 47.9 Å². The minimum absolute atomic E-state index is 0.0189. The number of hydrogen-bond donors (Lipinski definition) is 2. The third kappa shape index (κ3) is 3.25. The van der Waals surface area contributed by atoms with Crippen LogP contribution in [0.5, 0.6) is 0 Å². The van der Waals surface area contributed by atoms with E-state index in [0.717, 1.165) is 18.2 Å². The van der Waals surface area contributed by atoms with Crippen molar-refractivity contribution in [1.82, 2.24) is 0 Å². The summed E-state index contributed by atoms with van der Waals surface area (Å²) < 4.78 is 40.1. The Morgan fingerprint density at radius 1 is 0.952 bits per heavy atom. The molecule has 2 aromatic rings. The summed E-state index contributed by atoms with van der Waals surface area (Å²) in [4.78, 5) is 0. The Balaban J connectivity index is 2.42. The number of benzene rings is 2. The first-order valence-corrected chi connectivity index (χ1v) is 6.52. The smallest absolute Gasteiger partial charge is 0.126 e. The van der Waals surface area contributed by atoms with Crippen molar-refractivity contribution in [3.63, 3.8) is 0 Å². The fourth-order valence-corrected chi connectivity index (χ4v) is 2.35. The molecule has 0 aliphatic rings. The Bertz CT molecular complexity index is 609. The number of hydrogen-bond acceptors (Lipinski definition) is 2. The molecule has 0 aliphatic heterocycles. The number of aliphatic hydroxyl groups excluding tert-OH is 1. The van der Waals surface area contributed by atoms with Gasteiger partial charge in [-0.25, -0.2) is 13.2 Å². The molecule has 1 atom stereocenters. The number of nitrogens with two attached hydrogens (primary N) is 1. The fourth-order valence-electron chi connectivity index (χ4n) is 2.35. The van der Waals surface area contributed by atoms with Crippen LogP contribution in [-0.2, 0) is 11.8 Å². The first-order chi connectivity index (χ1) is 10.0. The maximum absolute atomic E-state index is 13.8. The van der Waals surface area contributed by atoms with Gasteiger partial charge in [0.15, 0.2) is 0 Å². The maximum Gasteiger partial charge on any atom is 0.126 e. The zero-order valence-corrected chi connectivity index (χ0v) is 11.3. The van der Waals surface area contributed by atoms with Gasteiger partial charge in [-0.2, -0.15) is 0 Å². The molecule has 0 amide bonds. The van der Waals surface area contributed by atoms with E-state index >= 15 is 0 Å². The van der Waals surface area contributed by atoms with E-state index in [2.05, 4.69) is 0 Å². The van der Waals surface area contributed by atoms with Crippen LogP contribution in [0.25, 0.3) is 0 Å². The fraction of sp³-hybridized carbons (Fsp3) is 0.250. The first-order valence-electron chi connectivity index (χ1n) is 6.52. The molecule has 0 fully saturated rings. The van der Waals surface area contributed by atoms with Gasteiger partial charge in [-0.15, -0.1) is 0 Å². The highest BCUT2D eigenvalue weighted by molar-refractivity contribution is 5.31. The summed E-state index contributed by atoms with van der Waals surface area (Å²) in [5, 5.41) is 9.73. The van der Waals surface area contributed by atoms with Gasteiger partial charge in [0.25, 0.3) is 0 Å². The van der Waals surface area contributed by atoms with Crippen molar-refractivity contribution in [1.29, 1.82) is 0 Å². The van der Waals surface area contributed by atoms with Crippen molar-refractivity contribution in [2.75, 3.05) is 13.2 Å². The van der Waals surface area contributed by atoms with E-state index in [4.69, 9.17) is 5.73 Å². The van der Waals surface area contributed by atoms with Crippen LogP contribution in [-0.4, -0.2) is 18.3 Å². The highest BCUT2D eigenvalue weighted by Gasteiger charge is 2.31. The molecule has 2 aromatic carbocycles. The van der Waals surface area contributed by atoms with Crippen molar-refractivity contribution in [2.45, 2.75) is 11.8 Å². The van der Waals surface area contributed by atoms with E-state index in [1.54, 1.807) is 0 Å². The SMILES string of the molecule is NCC(CO)(Cc1cc(F)ccc1F)c1ccc(F)cc1. The van der Waals surface area contributed by atoms with Crippen molar-refractivity contribution < 1.29 is 18.3 Å². The van der Waals surface area contributed by atoms with Crippen LogP contribution in [0.3, 0.4) is 0 Å². The summed E-state index contributed by atoms with van der Waals surface area (Å²) in [7, 11) is 0.